The van der Waals surface area contributed by atoms with E-state index in [9.17, 15) is 35.7 Å². The third kappa shape index (κ3) is 4.90. The van der Waals surface area contributed by atoms with Gasteiger partial charge in [0.05, 0.1) is 55.4 Å². The summed E-state index contributed by atoms with van der Waals surface area (Å²) in [5, 5.41) is 71.7. The van der Waals surface area contributed by atoms with Crippen LogP contribution in [0.5, 0.6) is 0 Å². The summed E-state index contributed by atoms with van der Waals surface area (Å²) in [6.07, 6.45) is -7.88. The topological polar surface area (TPSA) is 179 Å². The van der Waals surface area contributed by atoms with Gasteiger partial charge < -0.3 is 54.7 Å². The Balaban J connectivity index is 1.45. The summed E-state index contributed by atoms with van der Waals surface area (Å²) in [7, 11) is 0. The maximum atomic E-state index is 10.7. The molecule has 16 unspecified atom stereocenters. The molecule has 5 fully saturated rings. The van der Waals surface area contributed by atoms with Crippen LogP contribution in [0.4, 0.5) is 0 Å². The monoisotopic (exact) mass is 504 g/mol. The summed E-state index contributed by atoms with van der Waals surface area (Å²) in [4.78, 5) is 0. The first-order valence-electron chi connectivity index (χ1n) is 13.0. The Labute approximate surface area is 204 Å². The molecule has 3 aliphatic heterocycles. The predicted octanol–water partition coefficient (Wildman–Crippen LogP) is -1.97. The van der Waals surface area contributed by atoms with E-state index in [2.05, 4.69) is 0 Å². The van der Waals surface area contributed by atoms with E-state index in [1.807, 2.05) is 6.92 Å². The third-order valence-electron chi connectivity index (χ3n) is 8.88. The lowest BCUT2D eigenvalue weighted by molar-refractivity contribution is -0.350. The van der Waals surface area contributed by atoms with Crippen LogP contribution in [0, 0.1) is 17.8 Å². The molecule has 0 aromatic heterocycles. The zero-order valence-corrected chi connectivity index (χ0v) is 20.0. The molecule has 2 saturated carbocycles. The van der Waals surface area contributed by atoms with Crippen LogP contribution >= 0.6 is 0 Å². The van der Waals surface area contributed by atoms with Crippen molar-refractivity contribution in [2.24, 2.45) is 17.8 Å². The largest absolute Gasteiger partial charge is 0.394 e. The fourth-order valence-electron chi connectivity index (χ4n) is 7.15. The molecular formula is C24H40O11. The van der Waals surface area contributed by atoms with Gasteiger partial charge in [0.15, 0.2) is 6.29 Å². The highest BCUT2D eigenvalue weighted by Gasteiger charge is 2.58. The Morgan fingerprint density at radius 1 is 0.771 bits per heavy atom. The first kappa shape index (κ1) is 26.2. The van der Waals surface area contributed by atoms with Gasteiger partial charge in [-0.15, -0.1) is 0 Å². The van der Waals surface area contributed by atoms with E-state index in [0.29, 0.717) is 38.5 Å². The Kier molecular flexibility index (Phi) is 7.76. The second kappa shape index (κ2) is 10.4. The zero-order chi connectivity index (χ0) is 25.0. The second-order valence-electron chi connectivity index (χ2n) is 11.2. The SMILES string of the molecule is CC1CC2C(OC3OC(CO)C(O)C(O)C3O)C(C3CCC(O)C(O)C3)OC3CC(O)CC(O1)C32. The molecular weight excluding hydrogens is 464 g/mol. The maximum Gasteiger partial charge on any atom is 0.187 e. The minimum atomic E-state index is -1.56. The van der Waals surface area contributed by atoms with Gasteiger partial charge in [0.1, 0.15) is 24.4 Å². The van der Waals surface area contributed by atoms with E-state index < -0.39 is 67.8 Å². The molecule has 5 aliphatic rings. The highest BCUT2D eigenvalue weighted by molar-refractivity contribution is 5.05. The Morgan fingerprint density at radius 2 is 1.49 bits per heavy atom. The number of hydrogen-bond donors (Lipinski definition) is 7. The molecule has 3 heterocycles. The summed E-state index contributed by atoms with van der Waals surface area (Å²) < 4.78 is 24.8. The first-order chi connectivity index (χ1) is 16.7. The molecule has 3 saturated heterocycles. The molecule has 7 N–H and O–H groups in total. The lowest BCUT2D eigenvalue weighted by Gasteiger charge is -2.58. The first-order valence-corrected chi connectivity index (χ1v) is 13.0. The molecule has 0 spiro atoms. The Bertz CT molecular complexity index is 722. The molecule has 202 valence electrons. The Hall–Kier alpha value is -0.440. The van der Waals surface area contributed by atoms with Gasteiger partial charge in [-0.1, -0.05) is 0 Å². The number of ether oxygens (including phenoxy) is 4. The summed E-state index contributed by atoms with van der Waals surface area (Å²) in [6.45, 7) is 1.42. The number of rotatable bonds is 4. The third-order valence-corrected chi connectivity index (χ3v) is 8.88. The smallest absolute Gasteiger partial charge is 0.187 e. The van der Waals surface area contributed by atoms with Gasteiger partial charge in [0.25, 0.3) is 0 Å². The molecule has 0 amide bonds. The van der Waals surface area contributed by atoms with E-state index in [4.69, 9.17) is 18.9 Å². The molecule has 0 aromatic rings. The van der Waals surface area contributed by atoms with Crippen molar-refractivity contribution >= 4 is 0 Å². The van der Waals surface area contributed by atoms with E-state index >= 15 is 0 Å². The van der Waals surface area contributed by atoms with Crippen molar-refractivity contribution in [2.45, 2.75) is 125 Å². The number of aliphatic hydroxyl groups excluding tert-OH is 7. The molecule has 11 heteroatoms. The van der Waals surface area contributed by atoms with Crippen LogP contribution in [0.3, 0.4) is 0 Å². The van der Waals surface area contributed by atoms with E-state index in [1.165, 1.54) is 0 Å². The van der Waals surface area contributed by atoms with Crippen LogP contribution in [0.15, 0.2) is 0 Å². The van der Waals surface area contributed by atoms with Crippen molar-refractivity contribution in [1.29, 1.82) is 0 Å². The lowest BCUT2D eigenvalue weighted by Crippen LogP contribution is -2.66. The van der Waals surface area contributed by atoms with Crippen molar-refractivity contribution in [3.63, 3.8) is 0 Å². The fraction of sp³-hybridized carbons (Fsp3) is 1.00. The van der Waals surface area contributed by atoms with E-state index in [-0.39, 0.29) is 36.1 Å². The zero-order valence-electron chi connectivity index (χ0n) is 20.0. The number of hydrogen-bond acceptors (Lipinski definition) is 11. The van der Waals surface area contributed by atoms with Crippen LogP contribution in [0.1, 0.15) is 45.4 Å². The van der Waals surface area contributed by atoms with Crippen molar-refractivity contribution in [2.75, 3.05) is 6.61 Å². The molecule has 0 bridgehead atoms. The van der Waals surface area contributed by atoms with Crippen molar-refractivity contribution in [3.8, 4) is 0 Å². The molecule has 5 rings (SSSR count). The highest BCUT2D eigenvalue weighted by atomic mass is 16.7. The fourth-order valence-corrected chi connectivity index (χ4v) is 7.15. The van der Waals surface area contributed by atoms with Crippen molar-refractivity contribution < 1.29 is 54.7 Å². The minimum Gasteiger partial charge on any atom is -0.394 e. The molecule has 0 radical (unpaired) electrons. The van der Waals surface area contributed by atoms with Crippen molar-refractivity contribution in [1.82, 2.24) is 0 Å². The van der Waals surface area contributed by atoms with Gasteiger partial charge >= 0.3 is 0 Å². The van der Waals surface area contributed by atoms with Gasteiger partial charge in [-0.25, -0.2) is 0 Å². The molecule has 0 aromatic carbocycles. The van der Waals surface area contributed by atoms with Crippen LogP contribution in [0.2, 0.25) is 0 Å². The summed E-state index contributed by atoms with van der Waals surface area (Å²) in [5.74, 6) is -0.240. The van der Waals surface area contributed by atoms with E-state index in [0.717, 1.165) is 0 Å². The van der Waals surface area contributed by atoms with Gasteiger partial charge in [-0.3, -0.25) is 0 Å². The van der Waals surface area contributed by atoms with Crippen LogP contribution in [-0.4, -0.2) is 122 Å². The van der Waals surface area contributed by atoms with Gasteiger partial charge in [0, 0.05) is 5.92 Å². The molecule has 2 aliphatic carbocycles. The minimum absolute atomic E-state index is 0.0418. The van der Waals surface area contributed by atoms with Crippen LogP contribution < -0.4 is 0 Å². The quantitative estimate of drug-likeness (QED) is 0.226. The Morgan fingerprint density at radius 3 is 2.17 bits per heavy atom. The standard InChI is InChI=1S/C24H40O11/c1-9-4-12-18-15(32-9)6-11(26)7-16(18)33-22(10-2-3-13(27)14(28)5-10)23(12)35-24-21(31)20(30)19(29)17(8-25)34-24/h9-31H,2-8H2,1H3. The van der Waals surface area contributed by atoms with Crippen LogP contribution in [-0.2, 0) is 18.9 Å². The predicted molar refractivity (Wildman–Crippen MR) is 118 cm³/mol. The summed E-state index contributed by atoms with van der Waals surface area (Å²) in [5.41, 5.74) is 0. The molecule has 35 heavy (non-hydrogen) atoms. The summed E-state index contributed by atoms with van der Waals surface area (Å²) in [6, 6.07) is 0. The molecule has 16 atom stereocenters. The number of aliphatic hydroxyl groups is 7. The summed E-state index contributed by atoms with van der Waals surface area (Å²) >= 11 is 0. The molecule has 11 nitrogen and oxygen atoms in total. The van der Waals surface area contributed by atoms with Crippen molar-refractivity contribution in [3.05, 3.63) is 0 Å². The van der Waals surface area contributed by atoms with Gasteiger partial charge in [-0.2, -0.15) is 0 Å². The maximum absolute atomic E-state index is 10.7. The van der Waals surface area contributed by atoms with Gasteiger partial charge in [0.2, 0.25) is 0 Å². The second-order valence-corrected chi connectivity index (χ2v) is 11.2. The average molecular weight is 505 g/mol. The highest BCUT2D eigenvalue weighted by Crippen LogP contribution is 2.50. The lowest BCUT2D eigenvalue weighted by atomic mass is 9.64. The van der Waals surface area contributed by atoms with Gasteiger partial charge in [-0.05, 0) is 57.3 Å². The van der Waals surface area contributed by atoms with Crippen LogP contribution in [0.25, 0.3) is 0 Å². The average Bonchev–Trinajstić information content (AvgIpc) is 2.81. The van der Waals surface area contributed by atoms with E-state index in [1.54, 1.807) is 0 Å². The normalized spacial score (nSPS) is 56.9.